The number of aryl methyl sites for hydroxylation is 1. The summed E-state index contributed by atoms with van der Waals surface area (Å²) in [6.07, 6.45) is 0.808. The number of thioether (sulfide) groups is 1. The maximum absolute atomic E-state index is 14.4. The van der Waals surface area contributed by atoms with E-state index in [1.165, 1.54) is 11.6 Å². The molecule has 0 radical (unpaired) electrons. The molecule has 0 saturated heterocycles. The number of hydrogen-bond donors (Lipinski definition) is 0. The highest BCUT2D eigenvalue weighted by molar-refractivity contribution is 9.10. The summed E-state index contributed by atoms with van der Waals surface area (Å²) in [6, 6.07) is 24.7. The van der Waals surface area contributed by atoms with Crippen molar-refractivity contribution in [3.63, 3.8) is 0 Å². The Balaban J connectivity index is 1.48. The molecule has 0 spiro atoms. The number of nitrogens with zero attached hydrogens (tertiary/aromatic N) is 3. The molecule has 31 heavy (non-hydrogen) atoms. The second kappa shape index (κ2) is 10.6. The van der Waals surface area contributed by atoms with Crippen LogP contribution >= 0.6 is 27.7 Å². The molecule has 0 aliphatic rings. The average Bonchev–Trinajstić information content (AvgIpc) is 3.19. The summed E-state index contributed by atoms with van der Waals surface area (Å²) in [6.45, 7) is 1.19. The van der Waals surface area contributed by atoms with Gasteiger partial charge in [0.1, 0.15) is 11.6 Å². The van der Waals surface area contributed by atoms with E-state index in [-0.39, 0.29) is 5.82 Å². The Hall–Kier alpha value is -2.64. The van der Waals surface area contributed by atoms with Crippen LogP contribution in [-0.2, 0) is 13.0 Å². The summed E-state index contributed by atoms with van der Waals surface area (Å²) in [5.74, 6) is 1.76. The lowest BCUT2D eigenvalue weighted by Gasteiger charge is -2.11. The molecule has 1 aromatic heterocycles. The van der Waals surface area contributed by atoms with Gasteiger partial charge in [-0.1, -0.05) is 76.2 Å². The van der Waals surface area contributed by atoms with Gasteiger partial charge >= 0.3 is 0 Å². The topological polar surface area (TPSA) is 39.9 Å². The van der Waals surface area contributed by atoms with Crippen molar-refractivity contribution >= 4 is 27.7 Å². The molecular formula is C24H21BrFN3OS. The molecule has 4 aromatic rings. The summed E-state index contributed by atoms with van der Waals surface area (Å²) < 4.78 is 23.2. The fraction of sp³-hybridized carbons (Fsp3) is 0.167. The molecule has 0 atom stereocenters. The van der Waals surface area contributed by atoms with E-state index in [1.807, 2.05) is 53.1 Å². The van der Waals surface area contributed by atoms with E-state index in [4.69, 9.17) is 4.74 Å². The quantitative estimate of drug-likeness (QED) is 0.202. The molecule has 0 unspecified atom stereocenters. The average molecular weight is 498 g/mol. The van der Waals surface area contributed by atoms with E-state index in [0.29, 0.717) is 30.3 Å². The van der Waals surface area contributed by atoms with Crippen molar-refractivity contribution in [2.75, 3.05) is 12.4 Å². The fourth-order valence-corrected chi connectivity index (χ4v) is 4.33. The summed E-state index contributed by atoms with van der Waals surface area (Å²) >= 11 is 5.00. The van der Waals surface area contributed by atoms with Crippen molar-refractivity contribution in [1.82, 2.24) is 14.8 Å². The molecule has 0 bridgehead atoms. The summed E-state index contributed by atoms with van der Waals surface area (Å²) in [5, 5.41) is 9.42. The number of hydrogen-bond acceptors (Lipinski definition) is 4. The van der Waals surface area contributed by atoms with Crippen molar-refractivity contribution in [3.8, 4) is 17.1 Å². The first-order chi connectivity index (χ1) is 15.2. The van der Waals surface area contributed by atoms with Crippen LogP contribution in [0.1, 0.15) is 5.56 Å². The molecule has 3 aromatic carbocycles. The molecule has 0 N–H and O–H groups in total. The van der Waals surface area contributed by atoms with Gasteiger partial charge in [-0.3, -0.25) is 0 Å². The van der Waals surface area contributed by atoms with Crippen molar-refractivity contribution in [1.29, 1.82) is 0 Å². The fourth-order valence-electron chi connectivity index (χ4n) is 3.17. The lowest BCUT2D eigenvalue weighted by atomic mass is 10.1. The third-order valence-corrected chi connectivity index (χ3v) is 6.10. The highest BCUT2D eigenvalue weighted by Gasteiger charge is 2.17. The van der Waals surface area contributed by atoms with Gasteiger partial charge in [-0.05, 0) is 42.3 Å². The molecule has 0 aliphatic heterocycles. The normalized spacial score (nSPS) is 10.9. The van der Waals surface area contributed by atoms with Crippen LogP contribution in [0.5, 0.6) is 5.75 Å². The Bertz CT molecular complexity index is 1140. The third kappa shape index (κ3) is 5.74. The van der Waals surface area contributed by atoms with Gasteiger partial charge in [0.2, 0.25) is 0 Å². The van der Waals surface area contributed by atoms with Gasteiger partial charge in [0.25, 0.3) is 0 Å². The van der Waals surface area contributed by atoms with E-state index in [1.54, 1.807) is 23.9 Å². The van der Waals surface area contributed by atoms with Crippen molar-refractivity contribution in [2.24, 2.45) is 0 Å². The molecule has 0 fully saturated rings. The SMILES string of the molecule is Fc1ccccc1-c1nnc(SCCOc2cccc(Br)c2)n1CCc1ccccc1. The number of ether oxygens (including phenoxy) is 1. The van der Waals surface area contributed by atoms with Crippen LogP contribution in [0.3, 0.4) is 0 Å². The minimum atomic E-state index is -0.301. The van der Waals surface area contributed by atoms with Crippen LogP contribution in [0.2, 0.25) is 0 Å². The summed E-state index contributed by atoms with van der Waals surface area (Å²) in [4.78, 5) is 0. The number of rotatable bonds is 9. The second-order valence-electron chi connectivity index (χ2n) is 6.83. The van der Waals surface area contributed by atoms with Gasteiger partial charge in [0.15, 0.2) is 11.0 Å². The predicted molar refractivity (Wildman–Crippen MR) is 126 cm³/mol. The second-order valence-corrected chi connectivity index (χ2v) is 8.81. The first-order valence-corrected chi connectivity index (χ1v) is 11.7. The molecule has 0 saturated carbocycles. The van der Waals surface area contributed by atoms with E-state index >= 15 is 0 Å². The van der Waals surface area contributed by atoms with E-state index in [2.05, 4.69) is 38.3 Å². The van der Waals surface area contributed by atoms with Crippen LogP contribution in [-0.4, -0.2) is 27.1 Å². The zero-order valence-electron chi connectivity index (χ0n) is 16.7. The molecule has 4 rings (SSSR count). The van der Waals surface area contributed by atoms with Crippen LogP contribution < -0.4 is 4.74 Å². The smallest absolute Gasteiger partial charge is 0.191 e. The molecule has 158 valence electrons. The lowest BCUT2D eigenvalue weighted by molar-refractivity contribution is 0.343. The van der Waals surface area contributed by atoms with Gasteiger partial charge in [0.05, 0.1) is 12.2 Å². The number of benzene rings is 3. The van der Waals surface area contributed by atoms with Crippen molar-refractivity contribution < 1.29 is 9.13 Å². The number of halogens is 2. The van der Waals surface area contributed by atoms with Gasteiger partial charge in [-0.15, -0.1) is 10.2 Å². The maximum atomic E-state index is 14.4. The Morgan fingerprint density at radius 2 is 1.74 bits per heavy atom. The summed E-state index contributed by atoms with van der Waals surface area (Å²) in [5.41, 5.74) is 1.67. The van der Waals surface area contributed by atoms with Crippen LogP contribution in [0.25, 0.3) is 11.4 Å². The Kier molecular flexibility index (Phi) is 7.38. The first kappa shape index (κ1) is 21.6. The van der Waals surface area contributed by atoms with Crippen LogP contribution in [0.4, 0.5) is 4.39 Å². The highest BCUT2D eigenvalue weighted by atomic mass is 79.9. The monoisotopic (exact) mass is 497 g/mol. The standard InChI is InChI=1S/C24H21BrFN3OS/c25-19-9-6-10-20(17-19)30-15-16-31-24-28-27-23(21-11-4-5-12-22(21)26)29(24)14-13-18-7-2-1-3-8-18/h1-12,17H,13-16H2. The molecule has 7 heteroatoms. The van der Waals surface area contributed by atoms with Gasteiger partial charge < -0.3 is 9.30 Å². The Morgan fingerprint density at radius 1 is 0.935 bits per heavy atom. The third-order valence-electron chi connectivity index (χ3n) is 4.68. The Labute approximate surface area is 193 Å². The first-order valence-electron chi connectivity index (χ1n) is 9.94. The van der Waals surface area contributed by atoms with Gasteiger partial charge in [0, 0.05) is 16.8 Å². The van der Waals surface area contributed by atoms with E-state index < -0.39 is 0 Å². The molecule has 4 nitrogen and oxygen atoms in total. The molecule has 0 amide bonds. The van der Waals surface area contributed by atoms with Gasteiger partial charge in [-0.2, -0.15) is 0 Å². The predicted octanol–water partition coefficient (Wildman–Crippen LogP) is 6.26. The van der Waals surface area contributed by atoms with E-state index in [9.17, 15) is 4.39 Å². The summed E-state index contributed by atoms with van der Waals surface area (Å²) in [7, 11) is 0. The molecule has 1 heterocycles. The van der Waals surface area contributed by atoms with Crippen LogP contribution in [0, 0.1) is 5.82 Å². The largest absolute Gasteiger partial charge is 0.493 e. The minimum Gasteiger partial charge on any atom is -0.493 e. The van der Waals surface area contributed by atoms with E-state index in [0.717, 1.165) is 21.8 Å². The minimum absolute atomic E-state index is 0.301. The number of aromatic nitrogens is 3. The zero-order chi connectivity index (χ0) is 21.5. The maximum Gasteiger partial charge on any atom is 0.191 e. The van der Waals surface area contributed by atoms with Crippen molar-refractivity contribution in [2.45, 2.75) is 18.1 Å². The van der Waals surface area contributed by atoms with Crippen LogP contribution in [0.15, 0.2) is 88.5 Å². The highest BCUT2D eigenvalue weighted by Crippen LogP contribution is 2.26. The zero-order valence-corrected chi connectivity index (χ0v) is 19.2. The molecule has 0 aliphatic carbocycles. The molecular weight excluding hydrogens is 477 g/mol. The van der Waals surface area contributed by atoms with Crippen molar-refractivity contribution in [3.05, 3.63) is 94.7 Å². The Morgan fingerprint density at radius 3 is 2.55 bits per heavy atom. The van der Waals surface area contributed by atoms with Gasteiger partial charge in [-0.25, -0.2) is 4.39 Å². The lowest BCUT2D eigenvalue weighted by Crippen LogP contribution is -2.07.